The summed E-state index contributed by atoms with van der Waals surface area (Å²) in [6.45, 7) is 2.41. The standard InChI is InChI=1S/C31H32N4O4/c1-38-26-17-25(18-27(19-26)39-2)22-34-15-16-35-29(31(34)37)20-28(32-35)30(36)33(21-24-11-7-4-8-12-24)14-13-23-9-5-3-6-10-23/h3-12,17-20H,13-16,21-22H2,1-2H3. The minimum Gasteiger partial charge on any atom is -0.497 e. The van der Waals surface area contributed by atoms with Gasteiger partial charge in [-0.15, -0.1) is 0 Å². The maximum atomic E-state index is 13.7. The van der Waals surface area contributed by atoms with Crippen molar-refractivity contribution in [3.8, 4) is 11.5 Å². The molecule has 2 heterocycles. The lowest BCUT2D eigenvalue weighted by molar-refractivity contribution is 0.0680. The van der Waals surface area contributed by atoms with Crippen LogP contribution in [0, 0.1) is 0 Å². The lowest BCUT2D eigenvalue weighted by Gasteiger charge is -2.27. The van der Waals surface area contributed by atoms with E-state index in [1.165, 1.54) is 0 Å². The molecular weight excluding hydrogens is 492 g/mol. The van der Waals surface area contributed by atoms with Crippen LogP contribution in [-0.2, 0) is 26.1 Å². The normalized spacial score (nSPS) is 12.7. The molecule has 39 heavy (non-hydrogen) atoms. The highest BCUT2D eigenvalue weighted by molar-refractivity contribution is 5.98. The van der Waals surface area contributed by atoms with Crippen molar-refractivity contribution in [2.45, 2.75) is 26.1 Å². The topological polar surface area (TPSA) is 76.9 Å². The van der Waals surface area contributed by atoms with Gasteiger partial charge in [0.2, 0.25) is 0 Å². The molecule has 0 spiro atoms. The Balaban J connectivity index is 1.34. The van der Waals surface area contributed by atoms with E-state index in [-0.39, 0.29) is 17.5 Å². The zero-order valence-corrected chi connectivity index (χ0v) is 22.2. The second-order valence-electron chi connectivity index (χ2n) is 9.53. The van der Waals surface area contributed by atoms with E-state index >= 15 is 0 Å². The molecule has 200 valence electrons. The first-order valence-corrected chi connectivity index (χ1v) is 13.0. The minimum atomic E-state index is -0.187. The lowest BCUT2D eigenvalue weighted by Crippen LogP contribution is -2.39. The summed E-state index contributed by atoms with van der Waals surface area (Å²) in [5, 5.41) is 4.55. The van der Waals surface area contributed by atoms with Crippen molar-refractivity contribution in [3.05, 3.63) is 113 Å². The Morgan fingerprint density at radius 3 is 2.13 bits per heavy atom. The number of benzene rings is 3. The number of hydrogen-bond acceptors (Lipinski definition) is 5. The number of methoxy groups -OCH3 is 2. The van der Waals surface area contributed by atoms with Gasteiger partial charge >= 0.3 is 0 Å². The quantitative estimate of drug-likeness (QED) is 0.307. The fourth-order valence-electron chi connectivity index (χ4n) is 4.80. The molecule has 8 nitrogen and oxygen atoms in total. The zero-order chi connectivity index (χ0) is 27.2. The number of aromatic nitrogens is 2. The molecule has 1 aliphatic rings. The predicted octanol–water partition coefficient (Wildman–Crippen LogP) is 4.44. The van der Waals surface area contributed by atoms with E-state index < -0.39 is 0 Å². The highest BCUT2D eigenvalue weighted by Gasteiger charge is 2.29. The van der Waals surface area contributed by atoms with Crippen LogP contribution in [0.1, 0.15) is 37.7 Å². The molecule has 0 aliphatic carbocycles. The van der Waals surface area contributed by atoms with E-state index in [0.717, 1.165) is 23.1 Å². The van der Waals surface area contributed by atoms with E-state index in [1.54, 1.807) is 40.8 Å². The first-order chi connectivity index (χ1) is 19.0. The molecule has 0 N–H and O–H groups in total. The Bertz CT molecular complexity index is 1410. The predicted molar refractivity (Wildman–Crippen MR) is 148 cm³/mol. The molecule has 2 amide bonds. The number of hydrogen-bond donors (Lipinski definition) is 0. The second kappa shape index (κ2) is 11.9. The van der Waals surface area contributed by atoms with Gasteiger partial charge < -0.3 is 19.3 Å². The number of carbonyl (C=O) groups excluding carboxylic acids is 2. The van der Waals surface area contributed by atoms with Crippen molar-refractivity contribution in [2.75, 3.05) is 27.3 Å². The molecule has 0 saturated carbocycles. The molecule has 0 saturated heterocycles. The largest absolute Gasteiger partial charge is 0.497 e. The molecule has 5 rings (SSSR count). The van der Waals surface area contributed by atoms with Gasteiger partial charge in [-0.3, -0.25) is 14.3 Å². The highest BCUT2D eigenvalue weighted by Crippen LogP contribution is 2.25. The summed E-state index contributed by atoms with van der Waals surface area (Å²) in [5.74, 6) is 0.989. The molecule has 4 aromatic rings. The molecule has 0 atom stereocenters. The number of rotatable bonds is 10. The van der Waals surface area contributed by atoms with Crippen LogP contribution >= 0.6 is 0 Å². The van der Waals surface area contributed by atoms with Crippen LogP contribution in [0.25, 0.3) is 0 Å². The summed E-state index contributed by atoms with van der Waals surface area (Å²) < 4.78 is 12.4. The van der Waals surface area contributed by atoms with Gasteiger partial charge in [0, 0.05) is 38.3 Å². The molecule has 8 heteroatoms. The summed E-state index contributed by atoms with van der Waals surface area (Å²) >= 11 is 0. The van der Waals surface area contributed by atoms with Gasteiger partial charge in [0.25, 0.3) is 11.8 Å². The fraction of sp³-hybridized carbons (Fsp3) is 0.258. The van der Waals surface area contributed by atoms with Crippen LogP contribution in [0.2, 0.25) is 0 Å². The Labute approximate surface area is 228 Å². The lowest BCUT2D eigenvalue weighted by atomic mass is 10.1. The number of amides is 2. The van der Waals surface area contributed by atoms with Crippen LogP contribution in [-0.4, -0.2) is 58.7 Å². The van der Waals surface area contributed by atoms with Crippen molar-refractivity contribution >= 4 is 11.8 Å². The summed E-state index contributed by atoms with van der Waals surface area (Å²) in [6.07, 6.45) is 0.726. The molecule has 3 aromatic carbocycles. The Hall–Kier alpha value is -4.59. The van der Waals surface area contributed by atoms with Crippen molar-refractivity contribution in [3.63, 3.8) is 0 Å². The summed E-state index contributed by atoms with van der Waals surface area (Å²) in [6, 6.07) is 27.2. The minimum absolute atomic E-state index is 0.159. The van der Waals surface area contributed by atoms with Gasteiger partial charge in [-0.25, -0.2) is 0 Å². The average molecular weight is 525 g/mol. The van der Waals surface area contributed by atoms with Gasteiger partial charge in [-0.1, -0.05) is 60.7 Å². The van der Waals surface area contributed by atoms with Crippen LogP contribution in [0.5, 0.6) is 11.5 Å². The van der Waals surface area contributed by atoms with Gasteiger partial charge in [-0.2, -0.15) is 5.10 Å². The van der Waals surface area contributed by atoms with Crippen molar-refractivity contribution < 1.29 is 19.1 Å². The first-order valence-electron chi connectivity index (χ1n) is 13.0. The van der Waals surface area contributed by atoms with Crippen LogP contribution < -0.4 is 9.47 Å². The number of nitrogens with zero attached hydrogens (tertiary/aromatic N) is 4. The SMILES string of the molecule is COc1cc(CN2CCn3nc(C(=O)N(CCc4ccccc4)Cc4ccccc4)cc3C2=O)cc(OC)c1. The molecule has 1 aliphatic heterocycles. The summed E-state index contributed by atoms with van der Waals surface area (Å²) in [5.41, 5.74) is 3.81. The smallest absolute Gasteiger partial charge is 0.274 e. The fourth-order valence-corrected chi connectivity index (χ4v) is 4.80. The monoisotopic (exact) mass is 524 g/mol. The Kier molecular flexibility index (Phi) is 7.91. The van der Waals surface area contributed by atoms with Crippen LogP contribution in [0.4, 0.5) is 0 Å². The molecule has 1 aromatic heterocycles. The zero-order valence-electron chi connectivity index (χ0n) is 22.2. The molecular formula is C31H32N4O4. The second-order valence-corrected chi connectivity index (χ2v) is 9.53. The number of ether oxygens (including phenoxy) is 2. The van der Waals surface area contributed by atoms with E-state index in [4.69, 9.17) is 9.47 Å². The van der Waals surface area contributed by atoms with E-state index in [0.29, 0.717) is 49.9 Å². The Morgan fingerprint density at radius 1 is 0.846 bits per heavy atom. The van der Waals surface area contributed by atoms with Crippen molar-refractivity contribution in [1.82, 2.24) is 19.6 Å². The molecule has 0 fully saturated rings. The molecule has 0 unspecified atom stereocenters. The number of carbonyl (C=O) groups is 2. The third kappa shape index (κ3) is 6.12. The van der Waals surface area contributed by atoms with Crippen LogP contribution in [0.3, 0.4) is 0 Å². The highest BCUT2D eigenvalue weighted by atomic mass is 16.5. The van der Waals surface area contributed by atoms with Crippen molar-refractivity contribution in [1.29, 1.82) is 0 Å². The van der Waals surface area contributed by atoms with Gasteiger partial charge in [0.05, 0.1) is 20.8 Å². The number of fused-ring (bicyclic) bond motifs is 1. The first kappa shape index (κ1) is 26.0. The van der Waals surface area contributed by atoms with Crippen molar-refractivity contribution in [2.24, 2.45) is 0 Å². The summed E-state index contributed by atoms with van der Waals surface area (Å²) in [4.78, 5) is 30.7. The molecule has 0 radical (unpaired) electrons. The van der Waals surface area contributed by atoms with Gasteiger partial charge in [0.1, 0.15) is 17.2 Å². The van der Waals surface area contributed by atoms with E-state index in [2.05, 4.69) is 17.2 Å². The molecule has 0 bridgehead atoms. The van der Waals surface area contributed by atoms with E-state index in [1.807, 2.05) is 60.7 Å². The third-order valence-corrected chi connectivity index (χ3v) is 6.89. The van der Waals surface area contributed by atoms with Gasteiger partial charge in [0.15, 0.2) is 5.69 Å². The average Bonchev–Trinajstić information content (AvgIpc) is 3.42. The summed E-state index contributed by atoms with van der Waals surface area (Å²) in [7, 11) is 3.20. The van der Waals surface area contributed by atoms with E-state index in [9.17, 15) is 9.59 Å². The maximum Gasteiger partial charge on any atom is 0.274 e. The van der Waals surface area contributed by atoms with Gasteiger partial charge in [-0.05, 0) is 35.2 Å². The third-order valence-electron chi connectivity index (χ3n) is 6.89. The Morgan fingerprint density at radius 2 is 1.49 bits per heavy atom. The maximum absolute atomic E-state index is 13.7. The van der Waals surface area contributed by atoms with Crippen LogP contribution in [0.15, 0.2) is 84.9 Å².